The highest BCUT2D eigenvalue weighted by molar-refractivity contribution is 6.40. The second kappa shape index (κ2) is 7.46. The monoisotopic (exact) mass is 376 g/mol. The molecule has 4 nitrogen and oxygen atoms in total. The first-order chi connectivity index (χ1) is 12.0. The molecule has 0 unspecified atom stereocenters. The average Bonchev–Trinajstić information content (AvgIpc) is 3.41. The normalized spacial score (nSPS) is 14.6. The Bertz CT molecular complexity index is 769. The van der Waals surface area contributed by atoms with Crippen LogP contribution in [-0.4, -0.2) is 18.4 Å². The summed E-state index contributed by atoms with van der Waals surface area (Å²) in [6, 6.07) is 14.9. The second-order valence-electron chi connectivity index (χ2n) is 6.12. The molecule has 0 aromatic heterocycles. The molecule has 1 saturated carbocycles. The number of halogens is 2. The van der Waals surface area contributed by atoms with Gasteiger partial charge in [0.05, 0.1) is 15.7 Å². The number of carbonyl (C=O) groups is 2. The van der Waals surface area contributed by atoms with Gasteiger partial charge in [-0.3, -0.25) is 9.59 Å². The van der Waals surface area contributed by atoms with Crippen molar-refractivity contribution in [3.63, 3.8) is 0 Å². The molecule has 0 heterocycles. The van der Waals surface area contributed by atoms with Crippen molar-refractivity contribution >= 4 is 40.7 Å². The van der Waals surface area contributed by atoms with Crippen LogP contribution in [0.3, 0.4) is 0 Å². The largest absolute Gasteiger partial charge is 0.355 e. The lowest BCUT2D eigenvalue weighted by atomic mass is 10.0. The SMILES string of the molecule is O=C(NCCc1ccccc1)C1(C(=O)Nc2c(Cl)cccc2Cl)CC1. The lowest BCUT2D eigenvalue weighted by Gasteiger charge is -2.16. The summed E-state index contributed by atoms with van der Waals surface area (Å²) in [7, 11) is 0. The van der Waals surface area contributed by atoms with E-state index in [1.54, 1.807) is 18.2 Å². The predicted molar refractivity (Wildman–Crippen MR) is 99.9 cm³/mol. The lowest BCUT2D eigenvalue weighted by Crippen LogP contribution is -2.40. The van der Waals surface area contributed by atoms with Gasteiger partial charge in [0, 0.05) is 6.54 Å². The highest BCUT2D eigenvalue weighted by atomic mass is 35.5. The second-order valence-corrected chi connectivity index (χ2v) is 6.94. The van der Waals surface area contributed by atoms with E-state index in [4.69, 9.17) is 23.2 Å². The number of carbonyl (C=O) groups excluding carboxylic acids is 2. The van der Waals surface area contributed by atoms with Crippen LogP contribution in [-0.2, 0) is 16.0 Å². The van der Waals surface area contributed by atoms with Gasteiger partial charge < -0.3 is 10.6 Å². The molecule has 0 radical (unpaired) electrons. The van der Waals surface area contributed by atoms with Gasteiger partial charge >= 0.3 is 0 Å². The topological polar surface area (TPSA) is 58.2 Å². The maximum Gasteiger partial charge on any atom is 0.240 e. The summed E-state index contributed by atoms with van der Waals surface area (Å²) in [4.78, 5) is 25.1. The Morgan fingerprint density at radius 2 is 1.56 bits per heavy atom. The number of benzene rings is 2. The summed E-state index contributed by atoms with van der Waals surface area (Å²) in [6.07, 6.45) is 1.77. The van der Waals surface area contributed by atoms with Crippen LogP contribution in [0.2, 0.25) is 10.0 Å². The molecule has 0 spiro atoms. The van der Waals surface area contributed by atoms with Crippen molar-refractivity contribution in [2.75, 3.05) is 11.9 Å². The van der Waals surface area contributed by atoms with Gasteiger partial charge in [0.15, 0.2) is 0 Å². The highest BCUT2D eigenvalue weighted by Gasteiger charge is 2.56. The Kier molecular flexibility index (Phi) is 5.30. The van der Waals surface area contributed by atoms with E-state index in [0.29, 0.717) is 35.1 Å². The van der Waals surface area contributed by atoms with Crippen molar-refractivity contribution in [2.24, 2.45) is 5.41 Å². The number of hydrogen-bond acceptors (Lipinski definition) is 2. The van der Waals surface area contributed by atoms with Crippen LogP contribution >= 0.6 is 23.2 Å². The first-order valence-electron chi connectivity index (χ1n) is 8.11. The van der Waals surface area contributed by atoms with E-state index in [2.05, 4.69) is 10.6 Å². The Labute approximate surface area is 156 Å². The summed E-state index contributed by atoms with van der Waals surface area (Å²) < 4.78 is 0. The van der Waals surface area contributed by atoms with Gasteiger partial charge in [-0.25, -0.2) is 0 Å². The number of nitrogens with one attached hydrogen (secondary N) is 2. The molecule has 1 fully saturated rings. The van der Waals surface area contributed by atoms with Crippen molar-refractivity contribution in [1.29, 1.82) is 0 Å². The third kappa shape index (κ3) is 3.97. The minimum absolute atomic E-state index is 0.246. The molecule has 2 aromatic carbocycles. The molecule has 6 heteroatoms. The van der Waals surface area contributed by atoms with Crippen LogP contribution < -0.4 is 10.6 Å². The molecule has 0 atom stereocenters. The number of anilines is 1. The summed E-state index contributed by atoms with van der Waals surface area (Å²) >= 11 is 12.2. The van der Waals surface area contributed by atoms with E-state index >= 15 is 0 Å². The van der Waals surface area contributed by atoms with Gasteiger partial charge in [-0.2, -0.15) is 0 Å². The molecular weight excluding hydrogens is 359 g/mol. The Morgan fingerprint density at radius 3 is 2.16 bits per heavy atom. The van der Waals surface area contributed by atoms with Crippen LogP contribution in [0.1, 0.15) is 18.4 Å². The maximum atomic E-state index is 12.6. The standard InChI is InChI=1S/C19H18Cl2N2O2/c20-14-7-4-8-15(21)16(14)23-18(25)19(10-11-19)17(24)22-12-9-13-5-2-1-3-6-13/h1-8H,9-12H2,(H,22,24)(H,23,25). The molecule has 0 aliphatic heterocycles. The van der Waals surface area contributed by atoms with Gasteiger partial charge in [-0.15, -0.1) is 0 Å². The predicted octanol–water partition coefficient (Wildman–Crippen LogP) is 4.07. The molecule has 1 aliphatic carbocycles. The zero-order valence-corrected chi connectivity index (χ0v) is 15.0. The lowest BCUT2D eigenvalue weighted by molar-refractivity contribution is -0.134. The van der Waals surface area contributed by atoms with Gasteiger partial charge in [-0.05, 0) is 37.0 Å². The summed E-state index contributed by atoms with van der Waals surface area (Å²) in [5.41, 5.74) is 0.471. The Morgan fingerprint density at radius 1 is 0.920 bits per heavy atom. The average molecular weight is 377 g/mol. The maximum absolute atomic E-state index is 12.6. The van der Waals surface area contributed by atoms with Crippen molar-refractivity contribution in [3.05, 3.63) is 64.1 Å². The molecular formula is C19H18Cl2N2O2. The fourth-order valence-corrected chi connectivity index (χ4v) is 3.16. The van der Waals surface area contributed by atoms with E-state index < -0.39 is 5.41 Å². The minimum Gasteiger partial charge on any atom is -0.355 e. The smallest absolute Gasteiger partial charge is 0.240 e. The summed E-state index contributed by atoms with van der Waals surface area (Å²) in [6.45, 7) is 0.491. The fourth-order valence-electron chi connectivity index (χ4n) is 2.67. The quantitative estimate of drug-likeness (QED) is 0.746. The third-order valence-electron chi connectivity index (χ3n) is 4.36. The highest BCUT2D eigenvalue weighted by Crippen LogP contribution is 2.47. The molecule has 0 bridgehead atoms. The van der Waals surface area contributed by atoms with Gasteiger partial charge in [0.1, 0.15) is 5.41 Å². The number of rotatable bonds is 6. The first-order valence-corrected chi connectivity index (χ1v) is 8.86. The molecule has 0 saturated heterocycles. The van der Waals surface area contributed by atoms with Gasteiger partial charge in [0.25, 0.3) is 0 Å². The zero-order valence-electron chi connectivity index (χ0n) is 13.5. The van der Waals surface area contributed by atoms with E-state index in [1.807, 2.05) is 30.3 Å². The van der Waals surface area contributed by atoms with E-state index in [1.165, 1.54) is 0 Å². The molecule has 2 aromatic rings. The Balaban J connectivity index is 1.59. The number of para-hydroxylation sites is 1. The minimum atomic E-state index is -1.01. The number of amides is 2. The van der Waals surface area contributed by atoms with Crippen molar-refractivity contribution < 1.29 is 9.59 Å². The van der Waals surface area contributed by atoms with Crippen LogP contribution in [0.4, 0.5) is 5.69 Å². The fraction of sp³-hybridized carbons (Fsp3) is 0.263. The van der Waals surface area contributed by atoms with Gasteiger partial charge in [0.2, 0.25) is 11.8 Å². The first kappa shape index (κ1) is 17.8. The van der Waals surface area contributed by atoms with E-state index in [0.717, 1.165) is 12.0 Å². The molecule has 2 amide bonds. The van der Waals surface area contributed by atoms with E-state index in [-0.39, 0.29) is 11.8 Å². The molecule has 130 valence electrons. The summed E-state index contributed by atoms with van der Waals surface area (Å²) in [5.74, 6) is -0.608. The van der Waals surface area contributed by atoms with Crippen LogP contribution in [0.25, 0.3) is 0 Å². The van der Waals surface area contributed by atoms with Crippen LogP contribution in [0.15, 0.2) is 48.5 Å². The van der Waals surface area contributed by atoms with Crippen LogP contribution in [0, 0.1) is 5.41 Å². The Hall–Kier alpha value is -2.04. The van der Waals surface area contributed by atoms with E-state index in [9.17, 15) is 9.59 Å². The number of hydrogen-bond donors (Lipinski definition) is 2. The molecule has 25 heavy (non-hydrogen) atoms. The molecule has 3 rings (SSSR count). The third-order valence-corrected chi connectivity index (χ3v) is 4.99. The summed E-state index contributed by atoms with van der Waals surface area (Å²) in [5, 5.41) is 6.27. The van der Waals surface area contributed by atoms with Crippen molar-refractivity contribution in [3.8, 4) is 0 Å². The van der Waals surface area contributed by atoms with Gasteiger partial charge in [-0.1, -0.05) is 59.6 Å². The molecule has 1 aliphatic rings. The molecule has 2 N–H and O–H groups in total. The van der Waals surface area contributed by atoms with Crippen molar-refractivity contribution in [1.82, 2.24) is 5.32 Å². The zero-order chi connectivity index (χ0) is 17.9. The van der Waals surface area contributed by atoms with Crippen molar-refractivity contribution in [2.45, 2.75) is 19.3 Å². The van der Waals surface area contributed by atoms with Crippen LogP contribution in [0.5, 0.6) is 0 Å².